The number of rotatable bonds is 12. The van der Waals surface area contributed by atoms with Crippen molar-refractivity contribution in [3.63, 3.8) is 0 Å². The molecule has 0 radical (unpaired) electrons. The van der Waals surface area contributed by atoms with E-state index in [1.165, 1.54) is 25.5 Å². The molecular weight excluding hydrogens is 462 g/mol. The van der Waals surface area contributed by atoms with Gasteiger partial charge in [-0.1, -0.05) is 12.1 Å². The first-order chi connectivity index (χ1) is 17.4. The zero-order chi connectivity index (χ0) is 25.9. The molecule has 0 saturated heterocycles. The lowest BCUT2D eigenvalue weighted by atomic mass is 10.1. The largest absolute Gasteiger partial charge is 0.496 e. The molecule has 0 fully saturated rings. The molecule has 0 aromatic heterocycles. The molecule has 9 nitrogen and oxygen atoms in total. The average Bonchev–Trinajstić information content (AvgIpc) is 2.88. The van der Waals surface area contributed by atoms with Gasteiger partial charge in [0.2, 0.25) is 5.91 Å². The Morgan fingerprint density at radius 3 is 2.33 bits per heavy atom. The van der Waals surface area contributed by atoms with Gasteiger partial charge < -0.3 is 14.2 Å². The second-order valence-electron chi connectivity index (χ2n) is 8.07. The molecule has 0 aliphatic heterocycles. The number of hydrazone groups is 1. The number of benzene rings is 3. The highest BCUT2D eigenvalue weighted by molar-refractivity contribution is 5.83. The minimum Gasteiger partial charge on any atom is -0.496 e. The Hall–Kier alpha value is -4.40. The number of carbonyl (C=O) groups is 1. The second kappa shape index (κ2) is 12.9. The lowest BCUT2D eigenvalue weighted by Crippen LogP contribution is -2.17. The predicted octanol–water partition coefficient (Wildman–Crippen LogP) is 4.97. The van der Waals surface area contributed by atoms with Gasteiger partial charge in [0.05, 0.1) is 25.4 Å². The maximum absolute atomic E-state index is 12.1. The topological polar surface area (TPSA) is 112 Å². The van der Waals surface area contributed by atoms with E-state index in [1.54, 1.807) is 37.4 Å². The fourth-order valence-electron chi connectivity index (χ4n) is 3.54. The average molecular weight is 492 g/mol. The molecule has 1 N–H and O–H groups in total. The van der Waals surface area contributed by atoms with E-state index in [1.807, 2.05) is 19.1 Å². The van der Waals surface area contributed by atoms with Crippen LogP contribution in [0.5, 0.6) is 17.2 Å². The zero-order valence-electron chi connectivity index (χ0n) is 20.5. The van der Waals surface area contributed by atoms with Crippen molar-refractivity contribution < 1.29 is 23.9 Å². The number of nitrogens with zero attached hydrogens (tertiary/aromatic N) is 2. The van der Waals surface area contributed by atoms with Gasteiger partial charge >= 0.3 is 0 Å². The maximum atomic E-state index is 12.1. The lowest BCUT2D eigenvalue weighted by Gasteiger charge is -2.11. The van der Waals surface area contributed by atoms with Crippen molar-refractivity contribution in [3.05, 3.63) is 93.0 Å². The van der Waals surface area contributed by atoms with E-state index in [2.05, 4.69) is 16.6 Å². The molecule has 188 valence electrons. The van der Waals surface area contributed by atoms with Crippen LogP contribution in [-0.2, 0) is 17.8 Å². The summed E-state index contributed by atoms with van der Waals surface area (Å²) < 4.78 is 16.5. The maximum Gasteiger partial charge on any atom is 0.269 e. The third-order valence-electron chi connectivity index (χ3n) is 5.46. The molecule has 0 saturated carbocycles. The normalized spacial score (nSPS) is 10.8. The summed E-state index contributed by atoms with van der Waals surface area (Å²) in [4.78, 5) is 22.4. The standard InChI is InChI=1S/C27H29N3O6/c1-19-15-20(9-13-24(19)34-2)5-4-6-27(31)29-28-17-22-10-14-25(26(16-22)35-3)36-18-21-7-11-23(12-8-21)30(32)33/h7-17H,4-6,18H2,1-3H3,(H,29,31)/b28-17-. The number of hydrogen-bond donors (Lipinski definition) is 1. The van der Waals surface area contributed by atoms with Crippen LogP contribution >= 0.6 is 0 Å². The minimum absolute atomic E-state index is 0.0272. The van der Waals surface area contributed by atoms with Gasteiger partial charge in [-0.05, 0) is 78.4 Å². The number of aryl methyl sites for hydroxylation is 2. The summed E-state index contributed by atoms with van der Waals surface area (Å²) in [5.74, 6) is 1.71. The van der Waals surface area contributed by atoms with Gasteiger partial charge in [0.25, 0.3) is 5.69 Å². The number of carbonyl (C=O) groups excluding carboxylic acids is 1. The first-order valence-corrected chi connectivity index (χ1v) is 11.4. The summed E-state index contributed by atoms with van der Waals surface area (Å²) in [6.07, 6.45) is 3.40. The SMILES string of the molecule is COc1ccc(CCCC(=O)N/N=C\c2ccc(OCc3ccc([N+](=O)[O-])cc3)c(OC)c2)cc1C. The highest BCUT2D eigenvalue weighted by Crippen LogP contribution is 2.28. The van der Waals surface area contributed by atoms with Crippen molar-refractivity contribution in [3.8, 4) is 17.2 Å². The first kappa shape index (κ1) is 26.2. The van der Waals surface area contributed by atoms with Crippen LogP contribution in [0.4, 0.5) is 5.69 Å². The summed E-state index contributed by atoms with van der Waals surface area (Å²) >= 11 is 0. The zero-order valence-corrected chi connectivity index (χ0v) is 20.5. The van der Waals surface area contributed by atoms with E-state index in [9.17, 15) is 14.9 Å². The summed E-state index contributed by atoms with van der Waals surface area (Å²) in [6.45, 7) is 2.23. The molecule has 0 spiro atoms. The van der Waals surface area contributed by atoms with Gasteiger partial charge in [-0.15, -0.1) is 0 Å². The first-order valence-electron chi connectivity index (χ1n) is 11.4. The second-order valence-corrected chi connectivity index (χ2v) is 8.07. The molecule has 1 amide bonds. The molecule has 3 aromatic rings. The van der Waals surface area contributed by atoms with Gasteiger partial charge in [-0.2, -0.15) is 5.10 Å². The number of nitrogens with one attached hydrogen (secondary N) is 1. The molecular formula is C27H29N3O6. The number of nitro benzene ring substituents is 1. The van der Waals surface area contributed by atoms with E-state index in [-0.39, 0.29) is 18.2 Å². The fraction of sp³-hybridized carbons (Fsp3) is 0.259. The molecule has 36 heavy (non-hydrogen) atoms. The number of methoxy groups -OCH3 is 2. The summed E-state index contributed by atoms with van der Waals surface area (Å²) in [7, 11) is 3.18. The molecule has 0 unspecified atom stereocenters. The van der Waals surface area contributed by atoms with Crippen LogP contribution in [-0.4, -0.2) is 31.3 Å². The van der Waals surface area contributed by atoms with Gasteiger partial charge in [0, 0.05) is 18.6 Å². The van der Waals surface area contributed by atoms with Gasteiger partial charge in [-0.25, -0.2) is 5.43 Å². The minimum atomic E-state index is -0.445. The third-order valence-corrected chi connectivity index (χ3v) is 5.46. The van der Waals surface area contributed by atoms with Gasteiger partial charge in [0.1, 0.15) is 12.4 Å². The number of amides is 1. The summed E-state index contributed by atoms with van der Waals surface area (Å²) in [5.41, 5.74) is 6.32. The Balaban J connectivity index is 1.47. The third kappa shape index (κ3) is 7.56. The van der Waals surface area contributed by atoms with Crippen molar-refractivity contribution in [1.29, 1.82) is 0 Å². The number of nitro groups is 1. The molecule has 0 bridgehead atoms. The Kier molecular flexibility index (Phi) is 9.39. The molecule has 0 atom stereocenters. The number of hydrogen-bond acceptors (Lipinski definition) is 7. The van der Waals surface area contributed by atoms with Crippen molar-refractivity contribution in [1.82, 2.24) is 5.43 Å². The van der Waals surface area contributed by atoms with Crippen LogP contribution in [0.1, 0.15) is 35.1 Å². The molecule has 0 aliphatic rings. The fourth-order valence-corrected chi connectivity index (χ4v) is 3.54. The highest BCUT2D eigenvalue weighted by atomic mass is 16.6. The summed E-state index contributed by atoms with van der Waals surface area (Å²) in [5, 5.41) is 14.8. The number of ether oxygens (including phenoxy) is 3. The van der Waals surface area contributed by atoms with Crippen molar-refractivity contribution >= 4 is 17.8 Å². The molecule has 9 heteroatoms. The Bertz CT molecular complexity index is 1220. The highest BCUT2D eigenvalue weighted by Gasteiger charge is 2.08. The molecule has 3 aromatic carbocycles. The Morgan fingerprint density at radius 1 is 0.972 bits per heavy atom. The van der Waals surface area contributed by atoms with E-state index in [0.717, 1.165) is 34.4 Å². The van der Waals surface area contributed by atoms with Crippen LogP contribution in [0.25, 0.3) is 0 Å². The van der Waals surface area contributed by atoms with Gasteiger partial charge in [0.15, 0.2) is 11.5 Å². The number of non-ortho nitro benzene ring substituents is 1. The van der Waals surface area contributed by atoms with E-state index in [4.69, 9.17) is 14.2 Å². The van der Waals surface area contributed by atoms with E-state index < -0.39 is 4.92 Å². The molecule has 0 aliphatic carbocycles. The van der Waals surface area contributed by atoms with Crippen LogP contribution in [0, 0.1) is 17.0 Å². The van der Waals surface area contributed by atoms with Crippen molar-refractivity contribution in [2.24, 2.45) is 5.10 Å². The van der Waals surface area contributed by atoms with Crippen molar-refractivity contribution in [2.75, 3.05) is 14.2 Å². The Morgan fingerprint density at radius 2 is 1.67 bits per heavy atom. The quantitative estimate of drug-likeness (QED) is 0.217. The monoisotopic (exact) mass is 491 g/mol. The molecule has 0 heterocycles. The van der Waals surface area contributed by atoms with E-state index in [0.29, 0.717) is 24.3 Å². The predicted molar refractivity (Wildman–Crippen MR) is 137 cm³/mol. The van der Waals surface area contributed by atoms with Gasteiger partial charge in [-0.3, -0.25) is 14.9 Å². The van der Waals surface area contributed by atoms with Crippen LogP contribution < -0.4 is 19.6 Å². The molecule has 3 rings (SSSR count). The van der Waals surface area contributed by atoms with Crippen molar-refractivity contribution in [2.45, 2.75) is 32.8 Å². The summed E-state index contributed by atoms with van der Waals surface area (Å²) in [6, 6.07) is 17.4. The van der Waals surface area contributed by atoms with Crippen LogP contribution in [0.3, 0.4) is 0 Å². The van der Waals surface area contributed by atoms with Crippen LogP contribution in [0.2, 0.25) is 0 Å². The van der Waals surface area contributed by atoms with E-state index >= 15 is 0 Å². The lowest BCUT2D eigenvalue weighted by molar-refractivity contribution is -0.384. The Labute approximate surface area is 209 Å². The smallest absolute Gasteiger partial charge is 0.269 e. The van der Waals surface area contributed by atoms with Crippen LogP contribution in [0.15, 0.2) is 65.8 Å².